The average Bonchev–Trinajstić information content (AvgIpc) is 2.45. The number of hydrogen-bond donors (Lipinski definition) is 0. The van der Waals surface area contributed by atoms with Crippen LogP contribution in [0, 0.1) is 5.92 Å². The van der Waals surface area contributed by atoms with Gasteiger partial charge in [-0.25, -0.2) is 4.98 Å². The van der Waals surface area contributed by atoms with Crippen LogP contribution in [0.1, 0.15) is 19.3 Å². The predicted octanol–water partition coefficient (Wildman–Crippen LogP) is 3.54. The molecule has 0 aliphatic heterocycles. The third-order valence-corrected chi connectivity index (χ3v) is 3.76. The van der Waals surface area contributed by atoms with Crippen LogP contribution in [0.25, 0.3) is 0 Å². The van der Waals surface area contributed by atoms with Crippen molar-refractivity contribution in [2.24, 2.45) is 5.92 Å². The number of allylic oxidation sites excluding steroid dienone is 2. The van der Waals surface area contributed by atoms with Gasteiger partial charge in [-0.3, -0.25) is 0 Å². The Morgan fingerprint density at radius 3 is 3.05 bits per heavy atom. The number of pyridine rings is 1. The van der Waals surface area contributed by atoms with E-state index in [9.17, 15) is 0 Å². The molecule has 104 valence electrons. The van der Waals surface area contributed by atoms with Crippen molar-refractivity contribution in [1.82, 2.24) is 4.98 Å². The second-order valence-corrected chi connectivity index (χ2v) is 5.31. The molecule has 1 aromatic heterocycles. The summed E-state index contributed by atoms with van der Waals surface area (Å²) in [7, 11) is 1.72. The van der Waals surface area contributed by atoms with Crippen molar-refractivity contribution in [3.63, 3.8) is 0 Å². The van der Waals surface area contributed by atoms with Crippen LogP contribution in [0.4, 0.5) is 5.82 Å². The second kappa shape index (κ2) is 7.51. The molecule has 1 aliphatic rings. The Morgan fingerprint density at radius 2 is 2.37 bits per heavy atom. The summed E-state index contributed by atoms with van der Waals surface area (Å²) in [4.78, 5) is 6.66. The van der Waals surface area contributed by atoms with E-state index in [1.807, 2.05) is 12.1 Å². The van der Waals surface area contributed by atoms with E-state index < -0.39 is 0 Å². The maximum atomic E-state index is 6.26. The summed E-state index contributed by atoms with van der Waals surface area (Å²) in [6.07, 6.45) is 9.91. The van der Waals surface area contributed by atoms with Crippen LogP contribution in [-0.4, -0.2) is 31.8 Å². The van der Waals surface area contributed by atoms with E-state index in [-0.39, 0.29) is 0 Å². The lowest BCUT2D eigenvalue weighted by Gasteiger charge is -2.29. The number of ether oxygens (including phenoxy) is 1. The van der Waals surface area contributed by atoms with Crippen molar-refractivity contribution in [3.05, 3.63) is 35.5 Å². The maximum absolute atomic E-state index is 6.26. The molecule has 1 unspecified atom stereocenters. The summed E-state index contributed by atoms with van der Waals surface area (Å²) in [5.41, 5.74) is 0. The summed E-state index contributed by atoms with van der Waals surface area (Å²) in [6, 6.07) is 3.76. The van der Waals surface area contributed by atoms with Crippen LogP contribution < -0.4 is 4.90 Å². The first-order valence-corrected chi connectivity index (χ1v) is 7.18. The first-order chi connectivity index (χ1) is 9.31. The summed E-state index contributed by atoms with van der Waals surface area (Å²) in [5.74, 6) is 1.55. The van der Waals surface area contributed by atoms with Gasteiger partial charge in [0.15, 0.2) is 0 Å². The Bertz CT molecular complexity index is 422. The minimum Gasteiger partial charge on any atom is -0.383 e. The highest BCUT2D eigenvalue weighted by atomic mass is 35.5. The van der Waals surface area contributed by atoms with E-state index in [0.29, 0.717) is 17.5 Å². The second-order valence-electron chi connectivity index (χ2n) is 4.90. The van der Waals surface area contributed by atoms with E-state index in [0.717, 1.165) is 25.3 Å². The van der Waals surface area contributed by atoms with Gasteiger partial charge in [0.2, 0.25) is 0 Å². The van der Waals surface area contributed by atoms with Crippen molar-refractivity contribution in [3.8, 4) is 0 Å². The van der Waals surface area contributed by atoms with Crippen molar-refractivity contribution >= 4 is 17.4 Å². The molecule has 0 radical (unpaired) electrons. The lowest BCUT2D eigenvalue weighted by Crippen LogP contribution is -2.33. The lowest BCUT2D eigenvalue weighted by molar-refractivity contribution is 0.204. The third kappa shape index (κ3) is 4.22. The molecule has 0 saturated carbocycles. The van der Waals surface area contributed by atoms with Gasteiger partial charge in [0.05, 0.1) is 11.6 Å². The van der Waals surface area contributed by atoms with Crippen molar-refractivity contribution in [1.29, 1.82) is 0 Å². The highest BCUT2D eigenvalue weighted by molar-refractivity contribution is 6.32. The predicted molar refractivity (Wildman–Crippen MR) is 79.8 cm³/mol. The number of methoxy groups -OCH3 is 1. The zero-order valence-electron chi connectivity index (χ0n) is 11.4. The molecule has 0 aromatic carbocycles. The Morgan fingerprint density at radius 1 is 1.47 bits per heavy atom. The maximum Gasteiger partial charge on any atom is 0.147 e. The quantitative estimate of drug-likeness (QED) is 0.745. The molecule has 1 aromatic rings. The molecule has 0 N–H and O–H groups in total. The van der Waals surface area contributed by atoms with Gasteiger partial charge in [0.25, 0.3) is 0 Å². The lowest BCUT2D eigenvalue weighted by atomic mass is 9.94. The van der Waals surface area contributed by atoms with Gasteiger partial charge in [0, 0.05) is 26.4 Å². The Labute approximate surface area is 120 Å². The normalized spacial score (nSPS) is 18.5. The molecule has 0 spiro atoms. The number of halogens is 1. The van der Waals surface area contributed by atoms with Crippen LogP contribution in [0.15, 0.2) is 30.5 Å². The third-order valence-electron chi connectivity index (χ3n) is 3.46. The topological polar surface area (TPSA) is 25.4 Å². The van der Waals surface area contributed by atoms with Gasteiger partial charge in [-0.2, -0.15) is 0 Å². The van der Waals surface area contributed by atoms with Gasteiger partial charge < -0.3 is 9.64 Å². The molecule has 2 rings (SSSR count). The molecular weight excluding hydrogens is 260 g/mol. The number of rotatable bonds is 6. The number of anilines is 1. The number of hydrogen-bond acceptors (Lipinski definition) is 3. The molecule has 1 atom stereocenters. The van der Waals surface area contributed by atoms with Crippen LogP contribution in [-0.2, 0) is 4.74 Å². The summed E-state index contributed by atoms with van der Waals surface area (Å²) in [5, 5.41) is 0.713. The Kier molecular flexibility index (Phi) is 5.67. The molecule has 1 aliphatic carbocycles. The largest absolute Gasteiger partial charge is 0.383 e. The Hall–Kier alpha value is -1.06. The molecule has 19 heavy (non-hydrogen) atoms. The van der Waals surface area contributed by atoms with Gasteiger partial charge in [0.1, 0.15) is 5.82 Å². The molecule has 0 amide bonds. The molecular formula is C15H21ClN2O. The monoisotopic (exact) mass is 280 g/mol. The first-order valence-electron chi connectivity index (χ1n) is 6.80. The molecule has 1 heterocycles. The van der Waals surface area contributed by atoms with E-state index in [1.165, 1.54) is 12.8 Å². The van der Waals surface area contributed by atoms with Crippen molar-refractivity contribution in [2.45, 2.75) is 19.3 Å². The van der Waals surface area contributed by atoms with Gasteiger partial charge in [-0.05, 0) is 37.3 Å². The fraction of sp³-hybridized carbons (Fsp3) is 0.533. The van der Waals surface area contributed by atoms with Crippen molar-refractivity contribution in [2.75, 3.05) is 31.7 Å². The van der Waals surface area contributed by atoms with Gasteiger partial charge >= 0.3 is 0 Å². The highest BCUT2D eigenvalue weighted by Gasteiger charge is 2.17. The van der Waals surface area contributed by atoms with E-state index in [1.54, 1.807) is 13.3 Å². The highest BCUT2D eigenvalue weighted by Crippen LogP contribution is 2.26. The minimum absolute atomic E-state index is 0.680. The zero-order chi connectivity index (χ0) is 13.5. The first kappa shape index (κ1) is 14.4. The summed E-state index contributed by atoms with van der Waals surface area (Å²) in [6.45, 7) is 2.51. The van der Waals surface area contributed by atoms with E-state index in [2.05, 4.69) is 22.0 Å². The van der Waals surface area contributed by atoms with Crippen LogP contribution in [0.3, 0.4) is 0 Å². The van der Waals surface area contributed by atoms with Crippen molar-refractivity contribution < 1.29 is 4.74 Å². The smallest absolute Gasteiger partial charge is 0.147 e. The average molecular weight is 281 g/mol. The van der Waals surface area contributed by atoms with Crippen LogP contribution >= 0.6 is 11.6 Å². The zero-order valence-corrected chi connectivity index (χ0v) is 12.1. The summed E-state index contributed by atoms with van der Waals surface area (Å²) >= 11 is 6.26. The SMILES string of the molecule is COCCN(CC1CC=CCC1)c1ncccc1Cl. The fourth-order valence-electron chi connectivity index (χ4n) is 2.43. The molecule has 0 bridgehead atoms. The van der Waals surface area contributed by atoms with Gasteiger partial charge in [-0.1, -0.05) is 23.8 Å². The van der Waals surface area contributed by atoms with E-state index >= 15 is 0 Å². The van der Waals surface area contributed by atoms with Crippen LogP contribution in [0.5, 0.6) is 0 Å². The number of aromatic nitrogens is 1. The molecule has 3 nitrogen and oxygen atoms in total. The minimum atomic E-state index is 0.680. The van der Waals surface area contributed by atoms with Gasteiger partial charge in [-0.15, -0.1) is 0 Å². The molecule has 0 saturated heterocycles. The number of nitrogens with zero attached hydrogens (tertiary/aromatic N) is 2. The standard InChI is InChI=1S/C15H21ClN2O/c1-19-11-10-18(12-13-6-3-2-4-7-13)15-14(16)8-5-9-17-15/h2-3,5,8-9,13H,4,6-7,10-12H2,1H3. The summed E-state index contributed by atoms with van der Waals surface area (Å²) < 4.78 is 5.20. The van der Waals surface area contributed by atoms with Crippen LogP contribution in [0.2, 0.25) is 5.02 Å². The molecule has 0 fully saturated rings. The fourth-order valence-corrected chi connectivity index (χ4v) is 2.67. The molecule has 4 heteroatoms. The van der Waals surface area contributed by atoms with E-state index in [4.69, 9.17) is 16.3 Å². The Balaban J connectivity index is 2.06.